The molecule has 1 fully saturated rings. The summed E-state index contributed by atoms with van der Waals surface area (Å²) in [5.74, 6) is 0. The highest BCUT2D eigenvalue weighted by Gasteiger charge is 2.43. The summed E-state index contributed by atoms with van der Waals surface area (Å²) in [6, 6.07) is 3.99. The van der Waals surface area contributed by atoms with Crippen LogP contribution in [0.1, 0.15) is 36.6 Å². The summed E-state index contributed by atoms with van der Waals surface area (Å²) in [5, 5.41) is 0. The van der Waals surface area contributed by atoms with Crippen LogP contribution in [0.2, 0.25) is 0 Å². The molecule has 1 heterocycles. The van der Waals surface area contributed by atoms with Gasteiger partial charge in [0.05, 0.1) is 11.6 Å². The Kier molecular flexibility index (Phi) is 2.76. The van der Waals surface area contributed by atoms with Gasteiger partial charge in [-0.1, -0.05) is 6.07 Å². The van der Waals surface area contributed by atoms with Crippen LogP contribution in [0, 0.1) is 6.92 Å². The number of nitrogens with two attached hydrogens (primary N) is 1. The fraction of sp³-hybridized carbons (Fsp3) is 0.583. The quantitative estimate of drug-likeness (QED) is 0.822. The average molecular weight is 206 g/mol. The molecule has 1 aromatic rings. The standard InChI is InChI=1S/C12H18N2O/c1-9-4-5-10(8-14-9)11(13)12(15-2)6-3-7-12/h4-5,8,11H,3,6-7,13H2,1-2H3. The molecule has 82 valence electrons. The van der Waals surface area contributed by atoms with Crippen LogP contribution in [0.3, 0.4) is 0 Å². The monoisotopic (exact) mass is 206 g/mol. The Morgan fingerprint density at radius 2 is 2.20 bits per heavy atom. The van der Waals surface area contributed by atoms with Crippen LogP contribution in [0.5, 0.6) is 0 Å². The summed E-state index contributed by atoms with van der Waals surface area (Å²) < 4.78 is 5.57. The molecule has 2 rings (SSSR count). The molecule has 2 N–H and O–H groups in total. The Hall–Kier alpha value is -0.930. The van der Waals surface area contributed by atoms with E-state index in [-0.39, 0.29) is 11.6 Å². The van der Waals surface area contributed by atoms with E-state index in [1.807, 2.05) is 25.3 Å². The number of nitrogens with zero attached hydrogens (tertiary/aromatic N) is 1. The lowest BCUT2D eigenvalue weighted by molar-refractivity contribution is -0.0912. The van der Waals surface area contributed by atoms with Gasteiger partial charge in [-0.25, -0.2) is 0 Å². The zero-order chi connectivity index (χ0) is 10.9. The number of rotatable bonds is 3. The van der Waals surface area contributed by atoms with Gasteiger partial charge in [0, 0.05) is 19.0 Å². The molecule has 0 radical (unpaired) electrons. The highest BCUT2D eigenvalue weighted by Crippen LogP contribution is 2.43. The van der Waals surface area contributed by atoms with Gasteiger partial charge in [-0.3, -0.25) is 4.98 Å². The van der Waals surface area contributed by atoms with Crippen molar-refractivity contribution in [3.63, 3.8) is 0 Å². The largest absolute Gasteiger partial charge is 0.376 e. The minimum Gasteiger partial charge on any atom is -0.376 e. The lowest BCUT2D eigenvalue weighted by Crippen LogP contribution is -2.48. The van der Waals surface area contributed by atoms with Crippen molar-refractivity contribution in [3.8, 4) is 0 Å². The van der Waals surface area contributed by atoms with Crippen molar-refractivity contribution < 1.29 is 4.74 Å². The summed E-state index contributed by atoms with van der Waals surface area (Å²) in [4.78, 5) is 4.27. The van der Waals surface area contributed by atoms with E-state index in [1.54, 1.807) is 7.11 Å². The lowest BCUT2D eigenvalue weighted by Gasteiger charge is -2.45. The zero-order valence-corrected chi connectivity index (χ0v) is 9.36. The predicted molar refractivity (Wildman–Crippen MR) is 59.5 cm³/mol. The first kappa shape index (κ1) is 10.6. The summed E-state index contributed by atoms with van der Waals surface area (Å²) in [6.07, 6.45) is 5.18. The van der Waals surface area contributed by atoms with Gasteiger partial charge in [0.25, 0.3) is 0 Å². The van der Waals surface area contributed by atoms with Crippen molar-refractivity contribution in [1.82, 2.24) is 4.98 Å². The molecule has 1 aliphatic carbocycles. The van der Waals surface area contributed by atoms with E-state index < -0.39 is 0 Å². The van der Waals surface area contributed by atoms with Crippen LogP contribution in [0.25, 0.3) is 0 Å². The van der Waals surface area contributed by atoms with Crippen molar-refractivity contribution >= 4 is 0 Å². The first-order chi connectivity index (χ1) is 7.18. The maximum absolute atomic E-state index is 6.23. The topological polar surface area (TPSA) is 48.1 Å². The number of ether oxygens (including phenoxy) is 1. The third kappa shape index (κ3) is 1.77. The molecule has 0 bridgehead atoms. The van der Waals surface area contributed by atoms with Crippen LogP contribution in [0.4, 0.5) is 0 Å². The van der Waals surface area contributed by atoms with Gasteiger partial charge in [-0.15, -0.1) is 0 Å². The predicted octanol–water partition coefficient (Wildman–Crippen LogP) is 1.96. The Morgan fingerprint density at radius 3 is 2.60 bits per heavy atom. The van der Waals surface area contributed by atoms with Crippen LogP contribution < -0.4 is 5.73 Å². The number of pyridine rings is 1. The minimum atomic E-state index is -0.142. The molecular formula is C12H18N2O. The van der Waals surface area contributed by atoms with E-state index in [2.05, 4.69) is 4.98 Å². The fourth-order valence-corrected chi connectivity index (χ4v) is 2.13. The molecule has 0 saturated heterocycles. The number of aromatic nitrogens is 1. The number of hydrogen-bond donors (Lipinski definition) is 1. The second-order valence-corrected chi connectivity index (χ2v) is 4.33. The van der Waals surface area contributed by atoms with Crippen LogP contribution >= 0.6 is 0 Å². The maximum Gasteiger partial charge on any atom is 0.0871 e. The molecule has 0 amide bonds. The van der Waals surface area contributed by atoms with E-state index in [4.69, 9.17) is 10.5 Å². The number of aryl methyl sites for hydroxylation is 1. The summed E-state index contributed by atoms with van der Waals surface area (Å²) >= 11 is 0. The Morgan fingerprint density at radius 1 is 1.47 bits per heavy atom. The molecule has 1 atom stereocenters. The molecule has 1 saturated carbocycles. The van der Waals surface area contributed by atoms with Crippen molar-refractivity contribution in [2.75, 3.05) is 7.11 Å². The molecular weight excluding hydrogens is 188 g/mol. The van der Waals surface area contributed by atoms with Gasteiger partial charge in [-0.05, 0) is 37.8 Å². The van der Waals surface area contributed by atoms with Crippen molar-refractivity contribution in [3.05, 3.63) is 29.6 Å². The van der Waals surface area contributed by atoms with Crippen molar-refractivity contribution in [2.45, 2.75) is 37.8 Å². The van der Waals surface area contributed by atoms with E-state index in [0.717, 1.165) is 24.1 Å². The van der Waals surface area contributed by atoms with Crippen LogP contribution in [-0.4, -0.2) is 17.7 Å². The van der Waals surface area contributed by atoms with E-state index in [0.29, 0.717) is 0 Å². The molecule has 0 aliphatic heterocycles. The first-order valence-electron chi connectivity index (χ1n) is 5.41. The average Bonchev–Trinajstić information content (AvgIpc) is 2.18. The molecule has 1 aliphatic rings. The first-order valence-corrected chi connectivity index (χ1v) is 5.41. The summed E-state index contributed by atoms with van der Waals surface area (Å²) in [7, 11) is 1.75. The lowest BCUT2D eigenvalue weighted by atomic mass is 9.73. The van der Waals surface area contributed by atoms with E-state index in [9.17, 15) is 0 Å². The SMILES string of the molecule is COC1(C(N)c2ccc(C)nc2)CCC1. The Labute approximate surface area is 90.7 Å². The summed E-state index contributed by atoms with van der Waals surface area (Å²) in [6.45, 7) is 1.98. The number of methoxy groups -OCH3 is 1. The summed E-state index contributed by atoms with van der Waals surface area (Å²) in [5.41, 5.74) is 8.18. The van der Waals surface area contributed by atoms with E-state index in [1.165, 1.54) is 6.42 Å². The zero-order valence-electron chi connectivity index (χ0n) is 9.36. The second kappa shape index (κ2) is 3.91. The van der Waals surface area contributed by atoms with Gasteiger partial charge in [0.2, 0.25) is 0 Å². The third-order valence-corrected chi connectivity index (χ3v) is 3.47. The smallest absolute Gasteiger partial charge is 0.0871 e. The van der Waals surface area contributed by atoms with Gasteiger partial charge in [0.1, 0.15) is 0 Å². The minimum absolute atomic E-state index is 0.0515. The maximum atomic E-state index is 6.23. The fourth-order valence-electron chi connectivity index (χ4n) is 2.13. The van der Waals surface area contributed by atoms with Gasteiger partial charge >= 0.3 is 0 Å². The third-order valence-electron chi connectivity index (χ3n) is 3.47. The Bertz CT molecular complexity index is 324. The molecule has 3 nitrogen and oxygen atoms in total. The molecule has 3 heteroatoms. The highest BCUT2D eigenvalue weighted by molar-refractivity contribution is 5.21. The molecule has 1 unspecified atom stereocenters. The number of hydrogen-bond acceptors (Lipinski definition) is 3. The van der Waals surface area contributed by atoms with Crippen LogP contribution in [0.15, 0.2) is 18.3 Å². The Balaban J connectivity index is 2.19. The highest BCUT2D eigenvalue weighted by atomic mass is 16.5. The molecule has 15 heavy (non-hydrogen) atoms. The molecule has 0 spiro atoms. The second-order valence-electron chi connectivity index (χ2n) is 4.33. The van der Waals surface area contributed by atoms with E-state index >= 15 is 0 Å². The van der Waals surface area contributed by atoms with Crippen LogP contribution in [-0.2, 0) is 4.74 Å². The van der Waals surface area contributed by atoms with Crippen molar-refractivity contribution in [2.24, 2.45) is 5.73 Å². The van der Waals surface area contributed by atoms with Gasteiger partial charge < -0.3 is 10.5 Å². The molecule has 1 aromatic heterocycles. The van der Waals surface area contributed by atoms with Crippen molar-refractivity contribution in [1.29, 1.82) is 0 Å². The van der Waals surface area contributed by atoms with Gasteiger partial charge in [-0.2, -0.15) is 0 Å². The normalized spacial score (nSPS) is 20.7. The van der Waals surface area contributed by atoms with Gasteiger partial charge in [0.15, 0.2) is 0 Å². The molecule has 0 aromatic carbocycles.